The SMILES string of the molecule is COCCOCCOc1c(C(C)O)cc(Br)cc1[N+](=O)[O-]. The third-order valence-corrected chi connectivity index (χ3v) is 3.07. The second-order valence-corrected chi connectivity index (χ2v) is 5.15. The van der Waals surface area contributed by atoms with Crippen LogP contribution in [0.3, 0.4) is 0 Å². The number of hydrogen-bond donors (Lipinski definition) is 1. The van der Waals surface area contributed by atoms with E-state index in [-0.39, 0.29) is 24.7 Å². The molecule has 1 aromatic carbocycles. The first kappa shape index (κ1) is 17.8. The molecular weight excluding hydrogens is 346 g/mol. The van der Waals surface area contributed by atoms with E-state index in [0.29, 0.717) is 23.2 Å². The first-order valence-electron chi connectivity index (χ1n) is 6.32. The number of nitro benzene ring substituents is 1. The van der Waals surface area contributed by atoms with Crippen molar-refractivity contribution >= 4 is 21.6 Å². The quantitative estimate of drug-likeness (QED) is 0.411. The number of halogens is 1. The molecule has 0 aliphatic rings. The van der Waals surface area contributed by atoms with E-state index < -0.39 is 11.0 Å². The van der Waals surface area contributed by atoms with Crippen molar-refractivity contribution in [1.29, 1.82) is 0 Å². The number of aliphatic hydroxyl groups excluding tert-OH is 1. The van der Waals surface area contributed by atoms with Crippen LogP contribution in [0.15, 0.2) is 16.6 Å². The zero-order chi connectivity index (χ0) is 15.8. The Bertz CT molecular complexity index is 480. The highest BCUT2D eigenvalue weighted by Crippen LogP contribution is 2.37. The van der Waals surface area contributed by atoms with Crippen LogP contribution in [0.5, 0.6) is 5.75 Å². The van der Waals surface area contributed by atoms with Crippen molar-refractivity contribution < 1.29 is 24.2 Å². The van der Waals surface area contributed by atoms with Gasteiger partial charge in [-0.15, -0.1) is 0 Å². The lowest BCUT2D eigenvalue weighted by molar-refractivity contribution is -0.386. The average Bonchev–Trinajstić information content (AvgIpc) is 2.42. The highest BCUT2D eigenvalue weighted by molar-refractivity contribution is 9.10. The molecule has 0 bridgehead atoms. The molecule has 0 amide bonds. The molecular formula is C13H18BrNO6. The van der Waals surface area contributed by atoms with Crippen molar-refractivity contribution in [3.63, 3.8) is 0 Å². The van der Waals surface area contributed by atoms with E-state index in [9.17, 15) is 15.2 Å². The largest absolute Gasteiger partial charge is 0.484 e. The van der Waals surface area contributed by atoms with Crippen LogP contribution in [0.25, 0.3) is 0 Å². The second-order valence-electron chi connectivity index (χ2n) is 4.23. The van der Waals surface area contributed by atoms with Gasteiger partial charge in [-0.1, -0.05) is 15.9 Å². The van der Waals surface area contributed by atoms with E-state index in [4.69, 9.17) is 14.2 Å². The molecule has 0 fully saturated rings. The van der Waals surface area contributed by atoms with Gasteiger partial charge in [-0.05, 0) is 13.0 Å². The van der Waals surface area contributed by atoms with Crippen LogP contribution in [0.1, 0.15) is 18.6 Å². The van der Waals surface area contributed by atoms with Gasteiger partial charge in [0.1, 0.15) is 6.61 Å². The van der Waals surface area contributed by atoms with E-state index in [2.05, 4.69) is 15.9 Å². The first-order valence-corrected chi connectivity index (χ1v) is 7.12. The summed E-state index contributed by atoms with van der Waals surface area (Å²) >= 11 is 3.18. The van der Waals surface area contributed by atoms with Gasteiger partial charge >= 0.3 is 5.69 Å². The first-order chi connectivity index (χ1) is 9.97. The Labute approximate surface area is 131 Å². The summed E-state index contributed by atoms with van der Waals surface area (Å²) in [6.45, 7) is 2.83. The second kappa shape index (κ2) is 8.93. The van der Waals surface area contributed by atoms with E-state index in [1.807, 2.05) is 0 Å². The zero-order valence-electron chi connectivity index (χ0n) is 11.9. The number of hydrogen-bond acceptors (Lipinski definition) is 6. The monoisotopic (exact) mass is 363 g/mol. The van der Waals surface area contributed by atoms with Crippen LogP contribution in [-0.4, -0.2) is 43.6 Å². The van der Waals surface area contributed by atoms with Crippen molar-refractivity contribution in [3.8, 4) is 5.75 Å². The summed E-state index contributed by atoms with van der Waals surface area (Å²) < 4.78 is 16.0. The van der Waals surface area contributed by atoms with Crippen LogP contribution in [-0.2, 0) is 9.47 Å². The van der Waals surface area contributed by atoms with Crippen LogP contribution < -0.4 is 4.74 Å². The summed E-state index contributed by atoms with van der Waals surface area (Å²) in [4.78, 5) is 10.6. The third kappa shape index (κ3) is 5.58. The molecule has 0 saturated carbocycles. The number of ether oxygens (including phenoxy) is 3. The lowest BCUT2D eigenvalue weighted by atomic mass is 10.1. The Kier molecular flexibility index (Phi) is 7.58. The van der Waals surface area contributed by atoms with Gasteiger partial charge in [-0.3, -0.25) is 10.1 Å². The maximum Gasteiger partial charge on any atom is 0.312 e. The van der Waals surface area contributed by atoms with E-state index in [1.165, 1.54) is 13.0 Å². The molecule has 21 heavy (non-hydrogen) atoms. The summed E-state index contributed by atoms with van der Waals surface area (Å²) in [5.74, 6) is 0.0635. The lowest BCUT2D eigenvalue weighted by Crippen LogP contribution is -2.12. The molecule has 118 valence electrons. The number of nitrogens with zero attached hydrogens (tertiary/aromatic N) is 1. The summed E-state index contributed by atoms with van der Waals surface area (Å²) in [5, 5.41) is 20.8. The maximum atomic E-state index is 11.1. The fraction of sp³-hybridized carbons (Fsp3) is 0.538. The normalized spacial score (nSPS) is 12.2. The summed E-state index contributed by atoms with van der Waals surface area (Å²) in [5.41, 5.74) is 0.158. The fourth-order valence-electron chi connectivity index (χ4n) is 1.65. The number of benzene rings is 1. The molecule has 1 atom stereocenters. The summed E-state index contributed by atoms with van der Waals surface area (Å²) in [6.07, 6.45) is -0.884. The zero-order valence-corrected chi connectivity index (χ0v) is 13.5. The van der Waals surface area contributed by atoms with Crippen molar-refractivity contribution in [2.75, 3.05) is 33.5 Å². The van der Waals surface area contributed by atoms with E-state index >= 15 is 0 Å². The van der Waals surface area contributed by atoms with E-state index in [1.54, 1.807) is 13.2 Å². The molecule has 0 saturated heterocycles. The fourth-order valence-corrected chi connectivity index (χ4v) is 2.11. The molecule has 0 heterocycles. The Hall–Kier alpha value is -1.22. The molecule has 7 nitrogen and oxygen atoms in total. The molecule has 1 unspecified atom stereocenters. The Morgan fingerprint density at radius 2 is 2.00 bits per heavy atom. The number of nitro groups is 1. The van der Waals surface area contributed by atoms with Crippen LogP contribution >= 0.6 is 15.9 Å². The van der Waals surface area contributed by atoms with Gasteiger partial charge in [0.15, 0.2) is 0 Å². The van der Waals surface area contributed by atoms with Crippen LogP contribution in [0, 0.1) is 10.1 Å². The van der Waals surface area contributed by atoms with Gasteiger partial charge < -0.3 is 19.3 Å². The standard InChI is InChI=1S/C13H18BrNO6/c1-9(16)11-7-10(14)8-12(15(17)18)13(11)21-6-5-20-4-3-19-2/h7-9,16H,3-6H2,1-2H3. The average molecular weight is 364 g/mol. The van der Waals surface area contributed by atoms with E-state index in [0.717, 1.165) is 0 Å². The van der Waals surface area contributed by atoms with Gasteiger partial charge in [-0.2, -0.15) is 0 Å². The highest BCUT2D eigenvalue weighted by atomic mass is 79.9. The molecule has 0 aliphatic heterocycles. The molecule has 8 heteroatoms. The summed E-state index contributed by atoms with van der Waals surface area (Å²) in [6, 6.07) is 2.94. The molecule has 1 aromatic rings. The minimum absolute atomic E-state index is 0.0635. The highest BCUT2D eigenvalue weighted by Gasteiger charge is 2.23. The van der Waals surface area contributed by atoms with Crippen molar-refractivity contribution in [3.05, 3.63) is 32.3 Å². The van der Waals surface area contributed by atoms with Gasteiger partial charge in [0.2, 0.25) is 5.75 Å². The van der Waals surface area contributed by atoms with Gasteiger partial charge in [0.25, 0.3) is 0 Å². The molecule has 0 spiro atoms. The summed E-state index contributed by atoms with van der Waals surface area (Å²) in [7, 11) is 1.57. The molecule has 1 rings (SSSR count). The van der Waals surface area contributed by atoms with Crippen LogP contribution in [0.2, 0.25) is 0 Å². The maximum absolute atomic E-state index is 11.1. The Balaban J connectivity index is 2.80. The molecule has 1 N–H and O–H groups in total. The van der Waals surface area contributed by atoms with Crippen molar-refractivity contribution in [1.82, 2.24) is 0 Å². The number of rotatable bonds is 9. The number of aliphatic hydroxyl groups is 1. The predicted molar refractivity (Wildman–Crippen MR) is 79.6 cm³/mol. The smallest absolute Gasteiger partial charge is 0.312 e. The van der Waals surface area contributed by atoms with Gasteiger partial charge in [-0.25, -0.2) is 0 Å². The van der Waals surface area contributed by atoms with Gasteiger partial charge in [0, 0.05) is 23.2 Å². The van der Waals surface area contributed by atoms with Crippen molar-refractivity contribution in [2.24, 2.45) is 0 Å². The van der Waals surface area contributed by atoms with Crippen LogP contribution in [0.4, 0.5) is 5.69 Å². The Morgan fingerprint density at radius 1 is 1.33 bits per heavy atom. The molecule has 0 aromatic heterocycles. The number of methoxy groups -OCH3 is 1. The lowest BCUT2D eigenvalue weighted by Gasteiger charge is -2.14. The minimum atomic E-state index is -0.884. The van der Waals surface area contributed by atoms with Crippen molar-refractivity contribution in [2.45, 2.75) is 13.0 Å². The predicted octanol–water partition coefficient (Wildman–Crippen LogP) is 2.45. The molecule has 0 radical (unpaired) electrons. The third-order valence-electron chi connectivity index (χ3n) is 2.62. The Morgan fingerprint density at radius 3 is 2.57 bits per heavy atom. The minimum Gasteiger partial charge on any atom is -0.484 e. The molecule has 0 aliphatic carbocycles. The topological polar surface area (TPSA) is 91.1 Å². The van der Waals surface area contributed by atoms with Gasteiger partial charge in [0.05, 0.1) is 30.8 Å².